The Morgan fingerprint density at radius 2 is 1.88 bits per heavy atom. The second kappa shape index (κ2) is 9.89. The minimum atomic E-state index is -0.995. The fraction of sp³-hybridized carbons (Fsp3) is 0.545. The zero-order chi connectivity index (χ0) is 13.1. The fourth-order valence-electron chi connectivity index (χ4n) is 0.385. The van der Waals surface area contributed by atoms with E-state index in [1.165, 1.54) is 6.92 Å². The normalized spacial score (nSPS) is 8.25. The lowest BCUT2D eigenvalue weighted by molar-refractivity contribution is -0.460. The summed E-state index contributed by atoms with van der Waals surface area (Å²) in [7, 11) is 3.74. The summed E-state index contributed by atoms with van der Waals surface area (Å²) in [5.41, 5.74) is 0.428. The number of carboxylic acids is 1. The first-order chi connectivity index (χ1) is 7.31. The van der Waals surface area contributed by atoms with Crippen LogP contribution in [0.4, 0.5) is 0 Å². The molecule has 0 heterocycles. The van der Waals surface area contributed by atoms with Gasteiger partial charge in [-0.25, -0.2) is 9.37 Å². The molecule has 0 unspecified atom stereocenters. The van der Waals surface area contributed by atoms with Crippen molar-refractivity contribution in [1.29, 1.82) is 0 Å². The van der Waals surface area contributed by atoms with E-state index in [1.807, 2.05) is 18.7 Å². The molecule has 0 saturated carbocycles. The Bertz CT molecular complexity index is 278. The molecular weight excluding hydrogens is 210 g/mol. The Hall–Kier alpha value is -1.65. The SMILES string of the molecule is C=C(C)C(=O)OCC=[N+](C)C.CCC(=O)[O-]. The van der Waals surface area contributed by atoms with Gasteiger partial charge in [0.2, 0.25) is 0 Å². The molecule has 0 spiro atoms. The first-order valence-corrected chi connectivity index (χ1v) is 4.83. The number of carboxylic acid groups (broad SMARTS) is 1. The molecule has 0 amide bonds. The number of aliphatic carboxylic acids is 1. The lowest BCUT2D eigenvalue weighted by Crippen LogP contribution is -2.19. The van der Waals surface area contributed by atoms with Gasteiger partial charge >= 0.3 is 5.97 Å². The topological polar surface area (TPSA) is 69.4 Å². The van der Waals surface area contributed by atoms with Crippen LogP contribution in [0, 0.1) is 0 Å². The molecule has 0 atom stereocenters. The summed E-state index contributed by atoms with van der Waals surface area (Å²) in [5.74, 6) is -1.34. The van der Waals surface area contributed by atoms with Gasteiger partial charge in [-0.05, 0) is 13.3 Å². The predicted molar refractivity (Wildman–Crippen MR) is 59.2 cm³/mol. The predicted octanol–water partition coefficient (Wildman–Crippen LogP) is -0.405. The van der Waals surface area contributed by atoms with Crippen LogP contribution in [0.15, 0.2) is 12.2 Å². The summed E-state index contributed by atoms with van der Waals surface area (Å²) < 4.78 is 6.60. The van der Waals surface area contributed by atoms with E-state index in [1.54, 1.807) is 13.1 Å². The van der Waals surface area contributed by atoms with Gasteiger partial charge in [-0.1, -0.05) is 13.5 Å². The molecule has 5 nitrogen and oxygen atoms in total. The van der Waals surface area contributed by atoms with E-state index >= 15 is 0 Å². The van der Waals surface area contributed by atoms with Crippen molar-refractivity contribution in [2.45, 2.75) is 20.3 Å². The summed E-state index contributed by atoms with van der Waals surface area (Å²) in [4.78, 5) is 20.0. The first-order valence-electron chi connectivity index (χ1n) is 4.83. The number of carbonyl (C=O) groups is 2. The molecule has 0 aliphatic rings. The average Bonchev–Trinajstić information content (AvgIpc) is 2.17. The van der Waals surface area contributed by atoms with Gasteiger partial charge < -0.3 is 14.6 Å². The van der Waals surface area contributed by atoms with Crippen molar-refractivity contribution >= 4 is 18.2 Å². The van der Waals surface area contributed by atoms with Gasteiger partial charge in [0.05, 0.1) is 0 Å². The van der Waals surface area contributed by atoms with Crippen molar-refractivity contribution < 1.29 is 24.0 Å². The van der Waals surface area contributed by atoms with Crippen molar-refractivity contribution in [3.05, 3.63) is 12.2 Å². The van der Waals surface area contributed by atoms with Crippen LogP contribution in [-0.4, -0.2) is 43.4 Å². The Balaban J connectivity index is 0. The fourth-order valence-corrected chi connectivity index (χ4v) is 0.385. The molecule has 5 heteroatoms. The van der Waals surface area contributed by atoms with Crippen molar-refractivity contribution in [1.82, 2.24) is 0 Å². The van der Waals surface area contributed by atoms with E-state index < -0.39 is 5.97 Å². The van der Waals surface area contributed by atoms with E-state index in [-0.39, 0.29) is 12.4 Å². The maximum Gasteiger partial charge on any atom is 0.333 e. The van der Waals surface area contributed by atoms with Crippen LogP contribution in [0.2, 0.25) is 0 Å². The van der Waals surface area contributed by atoms with Gasteiger partial charge in [0, 0.05) is 11.5 Å². The molecule has 0 aliphatic carbocycles. The van der Waals surface area contributed by atoms with Crippen LogP contribution in [0.3, 0.4) is 0 Å². The zero-order valence-corrected chi connectivity index (χ0v) is 10.3. The molecule has 0 aromatic heterocycles. The molecule has 92 valence electrons. The summed E-state index contributed by atoms with van der Waals surface area (Å²) >= 11 is 0. The Kier molecular flexibility index (Phi) is 10.4. The Labute approximate surface area is 96.0 Å². The molecule has 0 fully saturated rings. The van der Waals surface area contributed by atoms with E-state index in [2.05, 4.69) is 6.58 Å². The zero-order valence-electron chi connectivity index (χ0n) is 10.3. The highest BCUT2D eigenvalue weighted by Crippen LogP contribution is 1.89. The quantitative estimate of drug-likeness (QED) is 0.284. The van der Waals surface area contributed by atoms with E-state index in [9.17, 15) is 14.7 Å². The summed E-state index contributed by atoms with van der Waals surface area (Å²) in [6.45, 7) is 6.92. The van der Waals surface area contributed by atoms with Crippen LogP contribution >= 0.6 is 0 Å². The van der Waals surface area contributed by atoms with Crippen molar-refractivity contribution in [2.24, 2.45) is 0 Å². The van der Waals surface area contributed by atoms with Crippen LogP contribution in [-0.2, 0) is 14.3 Å². The monoisotopic (exact) mass is 229 g/mol. The highest BCUT2D eigenvalue weighted by atomic mass is 16.5. The smallest absolute Gasteiger partial charge is 0.333 e. The molecule has 0 rings (SSSR count). The minimum Gasteiger partial charge on any atom is -0.550 e. The number of hydrogen-bond donors (Lipinski definition) is 0. The second-order valence-corrected chi connectivity index (χ2v) is 3.25. The van der Waals surface area contributed by atoms with Crippen molar-refractivity contribution in [2.75, 3.05) is 20.7 Å². The molecule has 0 aromatic carbocycles. The van der Waals surface area contributed by atoms with Gasteiger partial charge in [0.25, 0.3) is 0 Å². The van der Waals surface area contributed by atoms with Gasteiger partial charge in [0.15, 0.2) is 12.8 Å². The largest absolute Gasteiger partial charge is 0.550 e. The molecular formula is C11H19NO4. The maximum atomic E-state index is 10.8. The number of nitrogens with zero attached hydrogens (tertiary/aromatic N) is 1. The molecule has 0 aromatic rings. The first kappa shape index (κ1) is 16.8. The summed E-state index contributed by atoms with van der Waals surface area (Å²) in [6, 6.07) is 0. The second-order valence-electron chi connectivity index (χ2n) is 3.25. The number of esters is 1. The molecule has 0 bridgehead atoms. The van der Waals surface area contributed by atoms with Crippen molar-refractivity contribution in [3.63, 3.8) is 0 Å². The summed E-state index contributed by atoms with van der Waals surface area (Å²) in [5, 5.41) is 9.26. The van der Waals surface area contributed by atoms with E-state index in [4.69, 9.17) is 4.74 Å². The third-order valence-corrected chi connectivity index (χ3v) is 1.29. The Morgan fingerprint density at radius 1 is 1.44 bits per heavy atom. The van der Waals surface area contributed by atoms with Crippen LogP contribution in [0.25, 0.3) is 0 Å². The molecule has 0 aliphatic heterocycles. The lowest BCUT2D eigenvalue weighted by atomic mass is 10.4. The number of hydrogen-bond acceptors (Lipinski definition) is 4. The molecule has 0 radical (unpaired) electrons. The number of rotatable bonds is 4. The van der Waals surface area contributed by atoms with Crippen LogP contribution < -0.4 is 5.11 Å². The number of carbonyl (C=O) groups excluding carboxylic acids is 2. The number of ether oxygens (including phenoxy) is 1. The highest BCUT2D eigenvalue weighted by Gasteiger charge is 2.01. The van der Waals surface area contributed by atoms with E-state index in [0.717, 1.165) is 0 Å². The summed E-state index contributed by atoms with van der Waals surface area (Å²) in [6.07, 6.45) is 1.88. The molecule has 16 heavy (non-hydrogen) atoms. The standard InChI is InChI=1S/C8H14NO2.C3H6O2/c1-7(2)8(10)11-6-5-9(3)4;1-2-3(4)5/h5H,1,6H2,2-4H3;2H2,1H3,(H,4,5)/q+1;/p-1. The van der Waals surface area contributed by atoms with Crippen LogP contribution in [0.5, 0.6) is 0 Å². The third-order valence-electron chi connectivity index (χ3n) is 1.29. The van der Waals surface area contributed by atoms with Gasteiger partial charge in [-0.15, -0.1) is 0 Å². The minimum absolute atomic E-state index is 0.111. The molecule has 0 saturated heterocycles. The highest BCUT2D eigenvalue weighted by molar-refractivity contribution is 5.87. The van der Waals surface area contributed by atoms with Gasteiger partial charge in [-0.3, -0.25) is 0 Å². The average molecular weight is 229 g/mol. The molecule has 0 N–H and O–H groups in total. The van der Waals surface area contributed by atoms with Gasteiger partial charge in [-0.2, -0.15) is 0 Å². The van der Waals surface area contributed by atoms with Crippen molar-refractivity contribution in [3.8, 4) is 0 Å². The lowest BCUT2D eigenvalue weighted by Gasteiger charge is -1.97. The van der Waals surface area contributed by atoms with E-state index in [0.29, 0.717) is 12.2 Å². The van der Waals surface area contributed by atoms with Gasteiger partial charge in [0.1, 0.15) is 14.1 Å². The van der Waals surface area contributed by atoms with Crippen LogP contribution in [0.1, 0.15) is 20.3 Å². The third kappa shape index (κ3) is 14.9. The Morgan fingerprint density at radius 3 is 2.12 bits per heavy atom. The maximum absolute atomic E-state index is 10.8.